The highest BCUT2D eigenvalue weighted by Gasteiger charge is 2.41. The van der Waals surface area contributed by atoms with Gasteiger partial charge in [-0.3, -0.25) is 0 Å². The number of benzene rings is 2. The lowest BCUT2D eigenvalue weighted by molar-refractivity contribution is -0.189. The van der Waals surface area contributed by atoms with Crippen molar-refractivity contribution in [2.45, 2.75) is 16.0 Å². The van der Waals surface area contributed by atoms with E-state index in [9.17, 15) is 26.4 Å². The van der Waals surface area contributed by atoms with E-state index >= 15 is 0 Å². The molecule has 0 aliphatic carbocycles. The smallest absolute Gasteiger partial charge is 0.418 e. The van der Waals surface area contributed by atoms with Gasteiger partial charge >= 0.3 is 12.1 Å². The van der Waals surface area contributed by atoms with Crippen LogP contribution in [0.25, 0.3) is 0 Å². The first-order valence-electron chi connectivity index (χ1n) is 9.49. The number of hydrogen-bond donors (Lipinski definition) is 3. The van der Waals surface area contributed by atoms with E-state index in [2.05, 4.69) is 30.1 Å². The fourth-order valence-corrected chi connectivity index (χ4v) is 4.18. The first kappa shape index (κ1) is 26.5. The number of anilines is 4. The van der Waals surface area contributed by atoms with Gasteiger partial charge in [0.05, 0.1) is 15.6 Å². The SMILES string of the molecule is CNS(=O)(=O)c1ccc(SC)c(Nc2cc(Nc3ccc(OC(=O)C(F)(F)F)c(Cl)c3)ncn2)c1. The molecular weight excluding hydrogens is 531 g/mol. The number of halogens is 4. The summed E-state index contributed by atoms with van der Waals surface area (Å²) in [6.07, 6.45) is -2.07. The van der Waals surface area contributed by atoms with E-state index in [0.717, 1.165) is 11.0 Å². The van der Waals surface area contributed by atoms with E-state index < -0.39 is 27.9 Å². The molecule has 9 nitrogen and oxygen atoms in total. The molecule has 0 radical (unpaired) electrons. The summed E-state index contributed by atoms with van der Waals surface area (Å²) in [6.45, 7) is 0. The molecule has 35 heavy (non-hydrogen) atoms. The van der Waals surface area contributed by atoms with Crippen LogP contribution in [0.5, 0.6) is 5.75 Å². The second-order valence-corrected chi connectivity index (χ2v) is 9.78. The maximum atomic E-state index is 12.4. The zero-order valence-corrected chi connectivity index (χ0v) is 20.4. The highest BCUT2D eigenvalue weighted by Crippen LogP contribution is 2.32. The van der Waals surface area contributed by atoms with Crippen LogP contribution in [0, 0.1) is 0 Å². The lowest BCUT2D eigenvalue weighted by Crippen LogP contribution is -2.28. The Morgan fingerprint density at radius 2 is 1.74 bits per heavy atom. The summed E-state index contributed by atoms with van der Waals surface area (Å²) < 4.78 is 68.0. The Balaban J connectivity index is 1.80. The van der Waals surface area contributed by atoms with Crippen molar-refractivity contribution in [2.24, 2.45) is 0 Å². The number of rotatable bonds is 8. The Morgan fingerprint density at radius 3 is 2.34 bits per heavy atom. The monoisotopic (exact) mass is 547 g/mol. The van der Waals surface area contributed by atoms with Gasteiger partial charge in [0.25, 0.3) is 0 Å². The van der Waals surface area contributed by atoms with Crippen molar-refractivity contribution >= 4 is 62.4 Å². The molecule has 0 atom stereocenters. The Labute approximate surface area is 207 Å². The lowest BCUT2D eigenvalue weighted by Gasteiger charge is -2.13. The molecule has 0 saturated carbocycles. The van der Waals surface area contributed by atoms with Crippen LogP contribution in [0.15, 0.2) is 58.6 Å². The van der Waals surface area contributed by atoms with E-state index in [-0.39, 0.29) is 9.92 Å². The molecule has 0 fully saturated rings. The number of alkyl halides is 3. The number of nitrogens with zero attached hydrogens (tertiary/aromatic N) is 2. The number of sulfonamides is 1. The number of thioether (sulfide) groups is 1. The Morgan fingerprint density at radius 1 is 1.06 bits per heavy atom. The van der Waals surface area contributed by atoms with Gasteiger partial charge in [0.15, 0.2) is 0 Å². The van der Waals surface area contributed by atoms with E-state index in [1.165, 1.54) is 55.5 Å². The fourth-order valence-electron chi connectivity index (χ4n) is 2.67. The Kier molecular flexibility index (Phi) is 8.10. The standard InChI is InChI=1S/C20H17ClF3N5O4S2/c1-25-35(31,32)12-4-6-16(34-2)14(8-12)29-18-9-17(26-10-27-18)28-11-3-5-15(13(21)7-11)33-19(30)20(22,23)24/h3-10,25H,1-2H3,(H2,26,27,28,29). The first-order chi connectivity index (χ1) is 16.4. The molecule has 1 aromatic heterocycles. The molecule has 3 rings (SSSR count). The highest BCUT2D eigenvalue weighted by molar-refractivity contribution is 7.98. The number of nitrogens with one attached hydrogen (secondary N) is 3. The van der Waals surface area contributed by atoms with Crippen LogP contribution in [-0.2, 0) is 14.8 Å². The predicted molar refractivity (Wildman–Crippen MR) is 126 cm³/mol. The van der Waals surface area contributed by atoms with Gasteiger partial charge in [-0.2, -0.15) is 13.2 Å². The van der Waals surface area contributed by atoms with Crippen LogP contribution in [-0.4, -0.2) is 43.8 Å². The Hall–Kier alpha value is -3.07. The first-order valence-corrected chi connectivity index (χ1v) is 12.6. The molecule has 0 aliphatic rings. The number of carbonyl (C=O) groups is 1. The second kappa shape index (κ2) is 10.7. The quantitative estimate of drug-likeness (QED) is 0.209. The van der Waals surface area contributed by atoms with Crippen LogP contribution in [0.4, 0.5) is 36.2 Å². The molecule has 0 saturated heterocycles. The van der Waals surface area contributed by atoms with Crippen molar-refractivity contribution < 1.29 is 31.1 Å². The zero-order valence-electron chi connectivity index (χ0n) is 18.0. The molecule has 3 N–H and O–H groups in total. The number of esters is 1. The van der Waals surface area contributed by atoms with Gasteiger partial charge < -0.3 is 15.4 Å². The van der Waals surface area contributed by atoms with Crippen molar-refractivity contribution in [3.63, 3.8) is 0 Å². The Bertz CT molecular complexity index is 1360. The van der Waals surface area contributed by atoms with Crippen LogP contribution in [0.3, 0.4) is 0 Å². The average Bonchev–Trinajstić information content (AvgIpc) is 2.80. The minimum absolute atomic E-state index is 0.0636. The van der Waals surface area contributed by atoms with Gasteiger partial charge in [-0.15, -0.1) is 11.8 Å². The molecule has 0 aliphatic heterocycles. The van der Waals surface area contributed by atoms with Crippen molar-refractivity contribution in [1.82, 2.24) is 14.7 Å². The predicted octanol–water partition coefficient (Wildman–Crippen LogP) is 4.71. The zero-order chi connectivity index (χ0) is 25.8. The van der Waals surface area contributed by atoms with Crippen LogP contribution in [0.2, 0.25) is 5.02 Å². The van der Waals surface area contributed by atoms with Gasteiger partial charge in [0, 0.05) is 16.6 Å². The summed E-state index contributed by atoms with van der Waals surface area (Å²) in [7, 11) is -2.35. The van der Waals surface area contributed by atoms with Gasteiger partial charge in [-0.05, 0) is 49.7 Å². The molecule has 1 heterocycles. The molecule has 186 valence electrons. The minimum atomic E-state index is -5.16. The summed E-state index contributed by atoms with van der Waals surface area (Å²) in [5.74, 6) is -2.21. The normalized spacial score (nSPS) is 11.7. The van der Waals surface area contributed by atoms with Gasteiger partial charge in [0.1, 0.15) is 23.7 Å². The number of hydrogen-bond acceptors (Lipinski definition) is 9. The number of ether oxygens (including phenoxy) is 1. The van der Waals surface area contributed by atoms with Crippen molar-refractivity contribution in [3.8, 4) is 5.75 Å². The maximum absolute atomic E-state index is 12.4. The van der Waals surface area contributed by atoms with Gasteiger partial charge in [-0.25, -0.2) is 27.9 Å². The lowest BCUT2D eigenvalue weighted by atomic mass is 10.3. The summed E-state index contributed by atoms with van der Waals surface area (Å²) in [6, 6.07) is 9.84. The summed E-state index contributed by atoms with van der Waals surface area (Å²) >= 11 is 7.34. The third kappa shape index (κ3) is 6.75. The van der Waals surface area contributed by atoms with Gasteiger partial charge in [-0.1, -0.05) is 11.6 Å². The molecule has 0 amide bonds. The van der Waals surface area contributed by atoms with Gasteiger partial charge in [0.2, 0.25) is 10.0 Å². The van der Waals surface area contributed by atoms with Crippen molar-refractivity contribution in [1.29, 1.82) is 0 Å². The highest BCUT2D eigenvalue weighted by atomic mass is 35.5. The molecule has 15 heteroatoms. The third-order valence-corrected chi connectivity index (χ3v) is 6.82. The minimum Gasteiger partial charge on any atom is -0.418 e. The maximum Gasteiger partial charge on any atom is 0.491 e. The third-order valence-electron chi connectivity index (χ3n) is 4.32. The van der Waals surface area contributed by atoms with Crippen LogP contribution < -0.4 is 20.1 Å². The van der Waals surface area contributed by atoms with Crippen molar-refractivity contribution in [2.75, 3.05) is 23.9 Å². The summed E-state index contributed by atoms with van der Waals surface area (Å²) in [5.41, 5.74) is 0.843. The van der Waals surface area contributed by atoms with Crippen LogP contribution >= 0.6 is 23.4 Å². The molecule has 0 bridgehead atoms. The summed E-state index contributed by atoms with van der Waals surface area (Å²) in [5, 5.41) is 5.72. The molecule has 3 aromatic rings. The molecular formula is C20H17ClF3N5O4S2. The second-order valence-electron chi connectivity index (χ2n) is 6.64. The molecule has 2 aromatic carbocycles. The largest absolute Gasteiger partial charge is 0.491 e. The summed E-state index contributed by atoms with van der Waals surface area (Å²) in [4.78, 5) is 20.0. The topological polar surface area (TPSA) is 122 Å². The average molecular weight is 548 g/mol. The van der Waals surface area contributed by atoms with Crippen molar-refractivity contribution in [3.05, 3.63) is 53.8 Å². The fraction of sp³-hybridized carbons (Fsp3) is 0.150. The number of carbonyl (C=O) groups excluding carboxylic acids is 1. The van der Waals surface area contributed by atoms with Crippen LogP contribution in [0.1, 0.15) is 0 Å². The molecule has 0 spiro atoms. The van der Waals surface area contributed by atoms with E-state index in [4.69, 9.17) is 11.6 Å². The van der Waals surface area contributed by atoms with E-state index in [1.807, 2.05) is 6.26 Å². The van der Waals surface area contributed by atoms with E-state index in [1.54, 1.807) is 6.07 Å². The molecule has 0 unspecified atom stereocenters. The van der Waals surface area contributed by atoms with E-state index in [0.29, 0.717) is 23.0 Å². The number of aromatic nitrogens is 2.